The largest absolute Gasteiger partial charge is 0.493 e. The standard InChI is InChI=1S/C20H30N2O5/c1-26-16-9-8-15(13-17(16)27-2)20(10-4-3-5-11-20)14-22-19(25)21-12-6-7-18(23)24/h8-9,13H,3-7,10-12,14H2,1-2H3,(H,23,24)(H2,21,22,25). The van der Waals surface area contributed by atoms with Crippen LogP contribution in [0.2, 0.25) is 0 Å². The molecule has 0 aliphatic heterocycles. The van der Waals surface area contributed by atoms with E-state index in [2.05, 4.69) is 16.7 Å². The molecule has 1 aromatic rings. The summed E-state index contributed by atoms with van der Waals surface area (Å²) in [7, 11) is 3.24. The Morgan fingerprint density at radius 3 is 2.41 bits per heavy atom. The number of amides is 2. The fourth-order valence-corrected chi connectivity index (χ4v) is 3.72. The Balaban J connectivity index is 2.04. The highest BCUT2D eigenvalue weighted by Gasteiger charge is 2.35. The van der Waals surface area contributed by atoms with Gasteiger partial charge in [0.2, 0.25) is 0 Å². The average molecular weight is 378 g/mol. The molecule has 1 aliphatic rings. The van der Waals surface area contributed by atoms with Crippen LogP contribution in [0.4, 0.5) is 4.79 Å². The minimum atomic E-state index is -0.855. The summed E-state index contributed by atoms with van der Waals surface area (Å²) in [5, 5.41) is 14.4. The maximum Gasteiger partial charge on any atom is 0.314 e. The molecule has 1 aliphatic carbocycles. The maximum absolute atomic E-state index is 12.1. The minimum absolute atomic E-state index is 0.0514. The molecule has 1 aromatic carbocycles. The van der Waals surface area contributed by atoms with E-state index < -0.39 is 5.97 Å². The van der Waals surface area contributed by atoms with Gasteiger partial charge in [-0.2, -0.15) is 0 Å². The van der Waals surface area contributed by atoms with Crippen LogP contribution in [0.15, 0.2) is 18.2 Å². The molecule has 0 unspecified atom stereocenters. The summed E-state index contributed by atoms with van der Waals surface area (Å²) >= 11 is 0. The summed E-state index contributed by atoms with van der Waals surface area (Å²) in [6.07, 6.45) is 5.92. The predicted octanol–water partition coefficient (Wildman–Crippen LogP) is 3.07. The Hall–Kier alpha value is -2.44. The highest BCUT2D eigenvalue weighted by atomic mass is 16.5. The molecular weight excluding hydrogens is 348 g/mol. The Labute approximate surface area is 160 Å². The second-order valence-electron chi connectivity index (χ2n) is 7.02. The van der Waals surface area contributed by atoms with Crippen molar-refractivity contribution in [2.24, 2.45) is 0 Å². The van der Waals surface area contributed by atoms with E-state index in [4.69, 9.17) is 14.6 Å². The Kier molecular flexibility index (Phi) is 7.76. The fourth-order valence-electron chi connectivity index (χ4n) is 3.72. The number of hydrogen-bond donors (Lipinski definition) is 3. The molecule has 0 bridgehead atoms. The molecule has 2 rings (SSSR count). The zero-order chi connectivity index (χ0) is 19.7. The highest BCUT2D eigenvalue weighted by molar-refractivity contribution is 5.74. The van der Waals surface area contributed by atoms with Crippen LogP contribution in [-0.4, -0.2) is 44.4 Å². The summed E-state index contributed by atoms with van der Waals surface area (Å²) < 4.78 is 10.8. The van der Waals surface area contributed by atoms with Crippen molar-refractivity contribution in [3.63, 3.8) is 0 Å². The molecule has 7 nitrogen and oxygen atoms in total. The number of ether oxygens (including phenoxy) is 2. The number of carboxylic acid groups (broad SMARTS) is 1. The molecule has 2 amide bonds. The van der Waals surface area contributed by atoms with Gasteiger partial charge in [-0.1, -0.05) is 25.3 Å². The van der Waals surface area contributed by atoms with Crippen molar-refractivity contribution in [3.05, 3.63) is 23.8 Å². The van der Waals surface area contributed by atoms with E-state index in [0.29, 0.717) is 31.0 Å². The van der Waals surface area contributed by atoms with Gasteiger partial charge in [0.1, 0.15) is 0 Å². The topological polar surface area (TPSA) is 96.9 Å². The van der Waals surface area contributed by atoms with Crippen LogP contribution in [0.1, 0.15) is 50.5 Å². The minimum Gasteiger partial charge on any atom is -0.493 e. The van der Waals surface area contributed by atoms with Crippen LogP contribution < -0.4 is 20.1 Å². The van der Waals surface area contributed by atoms with Crippen molar-refractivity contribution in [1.29, 1.82) is 0 Å². The van der Waals surface area contributed by atoms with Crippen molar-refractivity contribution in [1.82, 2.24) is 10.6 Å². The van der Waals surface area contributed by atoms with Gasteiger partial charge < -0.3 is 25.2 Å². The monoisotopic (exact) mass is 378 g/mol. The quantitative estimate of drug-likeness (QED) is 0.574. The zero-order valence-electron chi connectivity index (χ0n) is 16.2. The Morgan fingerprint density at radius 2 is 1.78 bits per heavy atom. The first-order valence-corrected chi connectivity index (χ1v) is 9.47. The second kappa shape index (κ2) is 10.0. The SMILES string of the molecule is COc1ccc(C2(CNC(=O)NCCCC(=O)O)CCCCC2)cc1OC. The van der Waals surface area contributed by atoms with E-state index in [0.717, 1.165) is 31.2 Å². The van der Waals surface area contributed by atoms with Crippen LogP contribution in [0.3, 0.4) is 0 Å². The van der Waals surface area contributed by atoms with Crippen LogP contribution in [-0.2, 0) is 10.2 Å². The molecule has 0 saturated heterocycles. The number of aliphatic carboxylic acids is 1. The molecule has 0 aromatic heterocycles. The number of methoxy groups -OCH3 is 2. The summed E-state index contributed by atoms with van der Waals surface area (Å²) in [5.74, 6) is 0.529. The number of carboxylic acids is 1. The van der Waals surface area contributed by atoms with Crippen LogP contribution >= 0.6 is 0 Å². The lowest BCUT2D eigenvalue weighted by Gasteiger charge is -2.38. The number of urea groups is 1. The van der Waals surface area contributed by atoms with Crippen molar-refractivity contribution >= 4 is 12.0 Å². The zero-order valence-corrected chi connectivity index (χ0v) is 16.2. The van der Waals surface area contributed by atoms with Gasteiger partial charge in [0, 0.05) is 24.9 Å². The number of carbonyl (C=O) groups is 2. The van der Waals surface area contributed by atoms with Gasteiger partial charge in [-0.05, 0) is 37.0 Å². The van der Waals surface area contributed by atoms with E-state index in [9.17, 15) is 9.59 Å². The molecule has 0 radical (unpaired) electrons. The first-order valence-electron chi connectivity index (χ1n) is 9.47. The maximum atomic E-state index is 12.1. The molecule has 1 fully saturated rings. The van der Waals surface area contributed by atoms with Crippen molar-refractivity contribution in [2.75, 3.05) is 27.3 Å². The van der Waals surface area contributed by atoms with Gasteiger partial charge in [-0.25, -0.2) is 4.79 Å². The van der Waals surface area contributed by atoms with Crippen molar-refractivity contribution < 1.29 is 24.2 Å². The number of rotatable bonds is 9. The molecule has 3 N–H and O–H groups in total. The van der Waals surface area contributed by atoms with Crippen molar-refractivity contribution in [3.8, 4) is 11.5 Å². The van der Waals surface area contributed by atoms with E-state index in [1.807, 2.05) is 12.1 Å². The predicted molar refractivity (Wildman–Crippen MR) is 103 cm³/mol. The third-order valence-electron chi connectivity index (χ3n) is 5.25. The van der Waals surface area contributed by atoms with Gasteiger partial charge in [-0.15, -0.1) is 0 Å². The lowest BCUT2D eigenvalue weighted by atomic mass is 9.69. The Morgan fingerprint density at radius 1 is 1.07 bits per heavy atom. The Bertz CT molecular complexity index is 641. The number of carbonyl (C=O) groups excluding carboxylic acids is 1. The van der Waals surface area contributed by atoms with Gasteiger partial charge >= 0.3 is 12.0 Å². The summed E-state index contributed by atoms with van der Waals surface area (Å²) in [6, 6.07) is 5.72. The van der Waals surface area contributed by atoms with Gasteiger partial charge in [0.05, 0.1) is 14.2 Å². The average Bonchev–Trinajstić information content (AvgIpc) is 2.69. The number of nitrogens with one attached hydrogen (secondary N) is 2. The number of benzene rings is 1. The summed E-state index contributed by atoms with van der Waals surface area (Å²) in [4.78, 5) is 22.6. The first-order chi connectivity index (χ1) is 13.0. The van der Waals surface area contributed by atoms with E-state index >= 15 is 0 Å². The molecule has 0 heterocycles. The van der Waals surface area contributed by atoms with Gasteiger partial charge in [-0.3, -0.25) is 4.79 Å². The van der Waals surface area contributed by atoms with Crippen molar-refractivity contribution in [2.45, 2.75) is 50.4 Å². The lowest BCUT2D eigenvalue weighted by Crippen LogP contribution is -2.46. The smallest absolute Gasteiger partial charge is 0.314 e. The van der Waals surface area contributed by atoms with Gasteiger partial charge in [0.15, 0.2) is 11.5 Å². The van der Waals surface area contributed by atoms with Crippen LogP contribution in [0.25, 0.3) is 0 Å². The van der Waals surface area contributed by atoms with E-state index in [1.165, 1.54) is 6.42 Å². The second-order valence-corrected chi connectivity index (χ2v) is 7.02. The molecular formula is C20H30N2O5. The number of hydrogen-bond acceptors (Lipinski definition) is 4. The van der Waals surface area contributed by atoms with E-state index in [1.54, 1.807) is 14.2 Å². The third kappa shape index (κ3) is 5.77. The van der Waals surface area contributed by atoms with Gasteiger partial charge in [0.25, 0.3) is 0 Å². The van der Waals surface area contributed by atoms with Crippen LogP contribution in [0, 0.1) is 0 Å². The highest BCUT2D eigenvalue weighted by Crippen LogP contribution is 2.42. The first kappa shape index (κ1) is 20.9. The summed E-state index contributed by atoms with van der Waals surface area (Å²) in [6.45, 7) is 0.884. The molecule has 0 spiro atoms. The fraction of sp³-hybridized carbons (Fsp3) is 0.600. The van der Waals surface area contributed by atoms with Crippen LogP contribution in [0.5, 0.6) is 11.5 Å². The molecule has 1 saturated carbocycles. The molecule has 27 heavy (non-hydrogen) atoms. The molecule has 0 atom stereocenters. The van der Waals surface area contributed by atoms with E-state index in [-0.39, 0.29) is 17.9 Å². The molecule has 150 valence electrons. The third-order valence-corrected chi connectivity index (χ3v) is 5.25. The normalized spacial score (nSPS) is 15.6. The summed E-state index contributed by atoms with van der Waals surface area (Å²) in [5.41, 5.74) is 1.02. The lowest BCUT2D eigenvalue weighted by molar-refractivity contribution is -0.137. The molecule has 7 heteroatoms.